The minimum atomic E-state index is 0.926. The molecule has 0 amide bonds. The van der Waals surface area contributed by atoms with Crippen molar-refractivity contribution in [3.8, 4) is 0 Å². The highest BCUT2D eigenvalue weighted by Crippen LogP contribution is 2.15. The number of nitrogens with zero attached hydrogens (tertiary/aromatic N) is 2. The minimum absolute atomic E-state index is 0.926. The van der Waals surface area contributed by atoms with E-state index in [1.165, 1.54) is 19.3 Å². The van der Waals surface area contributed by atoms with Crippen LogP contribution < -0.4 is 0 Å². The molecule has 1 heterocycles. The summed E-state index contributed by atoms with van der Waals surface area (Å²) in [5.74, 6) is 0.998. The van der Waals surface area contributed by atoms with Crippen molar-refractivity contribution < 1.29 is 9.22 Å². The van der Waals surface area contributed by atoms with Crippen molar-refractivity contribution in [2.24, 2.45) is 4.99 Å². The summed E-state index contributed by atoms with van der Waals surface area (Å²) in [6.07, 6.45) is 1.08. The maximum absolute atomic E-state index is 4.71. The van der Waals surface area contributed by atoms with Crippen LogP contribution in [0.2, 0.25) is 0 Å². The molecule has 0 atom stereocenters. The number of hydrogen-bond donors (Lipinski definition) is 0. The SMILES string of the molecule is COOSN1CCCN=C1C. The average molecular weight is 176 g/mol. The zero-order valence-electron chi connectivity index (χ0n) is 6.74. The van der Waals surface area contributed by atoms with Crippen LogP contribution in [0.3, 0.4) is 0 Å². The van der Waals surface area contributed by atoms with Gasteiger partial charge in [-0.3, -0.25) is 9.30 Å². The smallest absolute Gasteiger partial charge is 0.152 e. The molecule has 0 aromatic rings. The van der Waals surface area contributed by atoms with E-state index in [2.05, 4.69) is 9.88 Å². The van der Waals surface area contributed by atoms with Gasteiger partial charge in [-0.2, -0.15) is 0 Å². The Labute approximate surface area is 70.8 Å². The quantitative estimate of drug-likeness (QED) is 0.280. The highest BCUT2D eigenvalue weighted by atomic mass is 32.2. The van der Waals surface area contributed by atoms with Crippen LogP contribution in [0.5, 0.6) is 0 Å². The van der Waals surface area contributed by atoms with Crippen LogP contribution in [0, 0.1) is 0 Å². The van der Waals surface area contributed by atoms with Crippen molar-refractivity contribution in [3.05, 3.63) is 0 Å². The maximum Gasteiger partial charge on any atom is 0.152 e. The molecule has 0 saturated carbocycles. The van der Waals surface area contributed by atoms with E-state index in [1.807, 2.05) is 11.2 Å². The molecular weight excluding hydrogens is 164 g/mol. The third kappa shape index (κ3) is 2.69. The van der Waals surface area contributed by atoms with Crippen molar-refractivity contribution in [2.75, 3.05) is 20.2 Å². The topological polar surface area (TPSA) is 34.1 Å². The molecule has 0 aromatic carbocycles. The van der Waals surface area contributed by atoms with Gasteiger partial charge < -0.3 is 0 Å². The molecule has 1 aliphatic rings. The lowest BCUT2D eigenvalue weighted by atomic mass is 10.4. The molecule has 0 bridgehead atoms. The largest absolute Gasteiger partial charge is 0.279 e. The van der Waals surface area contributed by atoms with E-state index in [-0.39, 0.29) is 0 Å². The lowest BCUT2D eigenvalue weighted by molar-refractivity contribution is -0.162. The lowest BCUT2D eigenvalue weighted by Crippen LogP contribution is -2.27. The highest BCUT2D eigenvalue weighted by molar-refractivity contribution is 7.92. The Bertz CT molecular complexity index is 152. The molecule has 11 heavy (non-hydrogen) atoms. The normalized spacial score (nSPS) is 18.4. The fourth-order valence-corrected chi connectivity index (χ4v) is 1.36. The van der Waals surface area contributed by atoms with Crippen molar-refractivity contribution >= 4 is 18.1 Å². The first-order valence-corrected chi connectivity index (χ1v) is 4.20. The van der Waals surface area contributed by atoms with Crippen LogP contribution in [0.1, 0.15) is 13.3 Å². The molecule has 0 spiro atoms. The number of hydrogen-bond acceptors (Lipinski definition) is 5. The summed E-state index contributed by atoms with van der Waals surface area (Å²) in [6.45, 7) is 3.87. The summed E-state index contributed by atoms with van der Waals surface area (Å²) in [5.41, 5.74) is 0. The predicted octanol–water partition coefficient (Wildman–Crippen LogP) is 1.25. The van der Waals surface area contributed by atoms with Gasteiger partial charge in [-0.15, -0.1) is 4.33 Å². The van der Waals surface area contributed by atoms with Crippen LogP contribution in [-0.4, -0.2) is 30.3 Å². The van der Waals surface area contributed by atoms with Crippen LogP contribution in [0.4, 0.5) is 0 Å². The summed E-state index contributed by atoms with van der Waals surface area (Å²) in [7, 11) is 1.49. The molecule has 0 N–H and O–H groups in total. The van der Waals surface area contributed by atoms with E-state index in [4.69, 9.17) is 4.33 Å². The average Bonchev–Trinajstić information content (AvgIpc) is 2.03. The first-order valence-electron chi connectivity index (χ1n) is 3.50. The van der Waals surface area contributed by atoms with Gasteiger partial charge in [0, 0.05) is 13.1 Å². The Morgan fingerprint density at radius 1 is 1.64 bits per heavy atom. The van der Waals surface area contributed by atoms with Crippen molar-refractivity contribution in [2.45, 2.75) is 13.3 Å². The standard InChI is InChI=1S/C6H12N2O2S/c1-6-7-4-3-5-8(6)11-10-9-2/h3-5H2,1-2H3. The summed E-state index contributed by atoms with van der Waals surface area (Å²) in [5, 5.41) is 0. The number of aliphatic imine (C=N–C) groups is 1. The van der Waals surface area contributed by atoms with Gasteiger partial charge >= 0.3 is 0 Å². The Morgan fingerprint density at radius 3 is 3.09 bits per heavy atom. The van der Waals surface area contributed by atoms with Crippen molar-refractivity contribution in [3.63, 3.8) is 0 Å². The Kier molecular flexibility index (Phi) is 3.68. The first-order chi connectivity index (χ1) is 5.34. The molecule has 1 aliphatic heterocycles. The summed E-state index contributed by atoms with van der Waals surface area (Å²) < 4.78 is 6.67. The predicted molar refractivity (Wildman–Crippen MR) is 45.0 cm³/mol. The molecule has 0 aromatic heterocycles. The number of rotatable bonds is 3. The highest BCUT2D eigenvalue weighted by Gasteiger charge is 2.12. The summed E-state index contributed by atoms with van der Waals surface area (Å²) >= 11 is 1.19. The van der Waals surface area contributed by atoms with E-state index in [0.29, 0.717) is 0 Å². The summed E-state index contributed by atoms with van der Waals surface area (Å²) in [4.78, 5) is 8.71. The van der Waals surface area contributed by atoms with Gasteiger partial charge in [0.25, 0.3) is 0 Å². The van der Waals surface area contributed by atoms with E-state index < -0.39 is 0 Å². The van der Waals surface area contributed by atoms with Crippen molar-refractivity contribution in [1.29, 1.82) is 0 Å². The molecule has 4 nitrogen and oxygen atoms in total. The van der Waals surface area contributed by atoms with E-state index in [1.54, 1.807) is 0 Å². The minimum Gasteiger partial charge on any atom is -0.279 e. The number of amidine groups is 1. The molecule has 5 heteroatoms. The second kappa shape index (κ2) is 4.58. The van der Waals surface area contributed by atoms with Gasteiger partial charge in [-0.05, 0) is 13.3 Å². The van der Waals surface area contributed by atoms with Gasteiger partial charge in [0.15, 0.2) is 12.2 Å². The van der Waals surface area contributed by atoms with Gasteiger partial charge in [-0.1, -0.05) is 0 Å². The van der Waals surface area contributed by atoms with E-state index in [9.17, 15) is 0 Å². The molecule has 0 aliphatic carbocycles. The maximum atomic E-state index is 4.71. The van der Waals surface area contributed by atoms with E-state index >= 15 is 0 Å². The van der Waals surface area contributed by atoms with Gasteiger partial charge in [0.1, 0.15) is 5.84 Å². The van der Waals surface area contributed by atoms with Crippen LogP contribution in [0.15, 0.2) is 4.99 Å². The fraction of sp³-hybridized carbons (Fsp3) is 0.833. The lowest BCUT2D eigenvalue weighted by Gasteiger charge is -2.23. The fourth-order valence-electron chi connectivity index (χ4n) is 0.854. The molecular formula is C6H12N2O2S. The van der Waals surface area contributed by atoms with Crippen LogP contribution in [0.25, 0.3) is 0 Å². The van der Waals surface area contributed by atoms with Gasteiger partial charge in [0.2, 0.25) is 0 Å². The molecule has 0 saturated heterocycles. The second-order valence-corrected chi connectivity index (χ2v) is 2.92. The molecule has 64 valence electrons. The monoisotopic (exact) mass is 176 g/mol. The second-order valence-electron chi connectivity index (χ2n) is 2.19. The van der Waals surface area contributed by atoms with Crippen molar-refractivity contribution in [1.82, 2.24) is 4.31 Å². The zero-order valence-corrected chi connectivity index (χ0v) is 7.56. The Morgan fingerprint density at radius 2 is 2.45 bits per heavy atom. The van der Waals surface area contributed by atoms with Crippen LogP contribution in [-0.2, 0) is 9.22 Å². The first kappa shape index (κ1) is 8.83. The Hall–Kier alpha value is -0.260. The molecule has 0 unspecified atom stereocenters. The van der Waals surface area contributed by atoms with E-state index in [0.717, 1.165) is 25.3 Å². The molecule has 0 fully saturated rings. The summed E-state index contributed by atoms with van der Waals surface area (Å²) in [6, 6.07) is 0. The Balaban J connectivity index is 2.31. The van der Waals surface area contributed by atoms with Gasteiger partial charge in [0.05, 0.1) is 7.11 Å². The zero-order chi connectivity index (χ0) is 8.10. The van der Waals surface area contributed by atoms with Gasteiger partial charge in [-0.25, -0.2) is 4.89 Å². The third-order valence-corrected chi connectivity index (χ3v) is 2.23. The third-order valence-electron chi connectivity index (χ3n) is 1.41. The van der Waals surface area contributed by atoms with Crippen LogP contribution >= 0.6 is 12.2 Å². The molecule has 0 radical (unpaired) electrons. The molecule has 1 rings (SSSR count).